The highest BCUT2D eigenvalue weighted by molar-refractivity contribution is 5.90. The van der Waals surface area contributed by atoms with Crippen LogP contribution in [0.3, 0.4) is 0 Å². The molecule has 5 heteroatoms. The van der Waals surface area contributed by atoms with Crippen LogP contribution in [0.15, 0.2) is 66.7 Å². The maximum atomic E-state index is 13.2. The molecule has 0 heterocycles. The molecule has 0 radical (unpaired) electrons. The summed E-state index contributed by atoms with van der Waals surface area (Å²) in [5.41, 5.74) is 1.91. The fourth-order valence-corrected chi connectivity index (χ4v) is 3.69. The van der Waals surface area contributed by atoms with Crippen LogP contribution < -0.4 is 10.1 Å². The van der Waals surface area contributed by atoms with Crippen molar-refractivity contribution in [3.8, 4) is 5.75 Å². The van der Waals surface area contributed by atoms with Gasteiger partial charge in [-0.2, -0.15) is 0 Å². The first-order chi connectivity index (χ1) is 16.2. The van der Waals surface area contributed by atoms with E-state index in [2.05, 4.69) is 26.1 Å². The fraction of sp³-hybridized carbons (Fsp3) is 0.379. The smallest absolute Gasteiger partial charge is 0.328 e. The van der Waals surface area contributed by atoms with Crippen molar-refractivity contribution in [1.82, 2.24) is 5.32 Å². The van der Waals surface area contributed by atoms with Crippen LogP contribution >= 0.6 is 0 Å². The topological polar surface area (TPSA) is 64.6 Å². The maximum Gasteiger partial charge on any atom is 0.328 e. The Hall–Kier alpha value is -3.34. The summed E-state index contributed by atoms with van der Waals surface area (Å²) in [6.45, 7) is 8.49. The maximum absolute atomic E-state index is 13.2. The minimum absolute atomic E-state index is 0.0626. The lowest BCUT2D eigenvalue weighted by atomic mass is 9.93. The van der Waals surface area contributed by atoms with Crippen molar-refractivity contribution >= 4 is 22.6 Å². The highest BCUT2D eigenvalue weighted by Gasteiger charge is 2.26. The van der Waals surface area contributed by atoms with Crippen molar-refractivity contribution in [2.75, 3.05) is 13.7 Å². The summed E-state index contributed by atoms with van der Waals surface area (Å²) in [6, 6.07) is 20.7. The van der Waals surface area contributed by atoms with Gasteiger partial charge in [-0.3, -0.25) is 4.79 Å². The standard InChI is InChI=1S/C29H35NO4/c1-20(22-11-12-24-19-25(33-5)14-13-23(24)18-22)27(31)30-26(17-21-9-7-6-8-10-21)28(32)34-16-15-29(2,3)4/h6-14,18-20,26H,15-17H2,1-5H3,(H,30,31)/t20-,26-/m0/s1. The normalized spacial score (nSPS) is 13.2. The monoisotopic (exact) mass is 461 g/mol. The number of ether oxygens (including phenoxy) is 2. The molecule has 5 nitrogen and oxygen atoms in total. The van der Waals surface area contributed by atoms with E-state index in [1.165, 1.54) is 0 Å². The zero-order chi connectivity index (χ0) is 24.7. The van der Waals surface area contributed by atoms with Gasteiger partial charge in [0.05, 0.1) is 19.6 Å². The molecule has 0 fully saturated rings. The first-order valence-corrected chi connectivity index (χ1v) is 11.7. The van der Waals surface area contributed by atoms with Crippen molar-refractivity contribution in [1.29, 1.82) is 0 Å². The Morgan fingerprint density at radius 1 is 0.941 bits per heavy atom. The van der Waals surface area contributed by atoms with Crippen LogP contribution in [0.25, 0.3) is 10.8 Å². The van der Waals surface area contributed by atoms with Gasteiger partial charge >= 0.3 is 5.97 Å². The van der Waals surface area contributed by atoms with Gasteiger partial charge in [0.2, 0.25) is 5.91 Å². The highest BCUT2D eigenvalue weighted by Crippen LogP contribution is 2.25. The Balaban J connectivity index is 1.73. The number of methoxy groups -OCH3 is 1. The van der Waals surface area contributed by atoms with Gasteiger partial charge in [0.15, 0.2) is 0 Å². The summed E-state index contributed by atoms with van der Waals surface area (Å²) in [5.74, 6) is -0.243. The number of benzene rings is 3. The van der Waals surface area contributed by atoms with Crippen molar-refractivity contribution in [2.45, 2.75) is 52.5 Å². The number of esters is 1. The van der Waals surface area contributed by atoms with Gasteiger partial charge in [0, 0.05) is 6.42 Å². The van der Waals surface area contributed by atoms with Gasteiger partial charge in [-0.05, 0) is 52.8 Å². The second kappa shape index (κ2) is 11.2. The molecule has 1 N–H and O–H groups in total. The number of carbonyl (C=O) groups is 2. The van der Waals surface area contributed by atoms with Gasteiger partial charge in [-0.15, -0.1) is 0 Å². The molecule has 3 aromatic rings. The van der Waals surface area contributed by atoms with Crippen LogP contribution in [0.4, 0.5) is 0 Å². The van der Waals surface area contributed by atoms with E-state index in [1.807, 2.05) is 73.7 Å². The second-order valence-corrected chi connectivity index (χ2v) is 9.92. The molecule has 0 aliphatic rings. The molecule has 0 saturated carbocycles. The van der Waals surface area contributed by atoms with Gasteiger partial charge in [0.25, 0.3) is 0 Å². The summed E-state index contributed by atoms with van der Waals surface area (Å²) < 4.78 is 10.8. The van der Waals surface area contributed by atoms with Gasteiger partial charge in [0.1, 0.15) is 11.8 Å². The summed E-state index contributed by atoms with van der Waals surface area (Å²) in [6.07, 6.45) is 1.13. The second-order valence-electron chi connectivity index (χ2n) is 9.92. The Kier molecular flexibility index (Phi) is 8.32. The largest absolute Gasteiger partial charge is 0.497 e. The number of fused-ring (bicyclic) bond motifs is 1. The number of carbonyl (C=O) groups excluding carboxylic acids is 2. The van der Waals surface area contributed by atoms with Crippen LogP contribution in [-0.4, -0.2) is 31.6 Å². The number of rotatable bonds is 9. The number of hydrogen-bond donors (Lipinski definition) is 1. The molecule has 0 saturated heterocycles. The van der Waals surface area contributed by atoms with Crippen molar-refractivity contribution in [3.63, 3.8) is 0 Å². The Morgan fingerprint density at radius 3 is 2.29 bits per heavy atom. The summed E-state index contributed by atoms with van der Waals surface area (Å²) in [4.78, 5) is 26.1. The quantitative estimate of drug-likeness (QED) is 0.418. The van der Waals surface area contributed by atoms with E-state index in [9.17, 15) is 9.59 Å². The SMILES string of the molecule is COc1ccc2cc([C@H](C)C(=O)N[C@@H](Cc3ccccc3)C(=O)OCCC(C)(C)C)ccc2c1. The third-order valence-electron chi connectivity index (χ3n) is 5.94. The van der Waals surface area contributed by atoms with Crippen LogP contribution in [0.2, 0.25) is 0 Å². The molecule has 0 aliphatic heterocycles. The van der Waals surface area contributed by atoms with E-state index in [-0.39, 0.29) is 11.3 Å². The average Bonchev–Trinajstić information content (AvgIpc) is 2.82. The number of amides is 1. The molecule has 0 bridgehead atoms. The predicted octanol–water partition coefficient (Wildman–Crippen LogP) is 5.66. The average molecular weight is 462 g/mol. The molecule has 0 aromatic heterocycles. The summed E-state index contributed by atoms with van der Waals surface area (Å²) >= 11 is 0. The molecule has 3 aromatic carbocycles. The number of hydrogen-bond acceptors (Lipinski definition) is 4. The van der Waals surface area contributed by atoms with E-state index >= 15 is 0 Å². The molecule has 2 atom stereocenters. The minimum atomic E-state index is -0.748. The molecule has 34 heavy (non-hydrogen) atoms. The van der Waals surface area contributed by atoms with Crippen molar-refractivity contribution < 1.29 is 19.1 Å². The predicted molar refractivity (Wildman–Crippen MR) is 136 cm³/mol. The third kappa shape index (κ3) is 7.08. The lowest BCUT2D eigenvalue weighted by Crippen LogP contribution is -2.45. The van der Waals surface area contributed by atoms with E-state index in [4.69, 9.17) is 9.47 Å². The van der Waals surface area contributed by atoms with E-state index in [1.54, 1.807) is 7.11 Å². The van der Waals surface area contributed by atoms with Crippen molar-refractivity contribution in [3.05, 3.63) is 77.9 Å². The van der Waals surface area contributed by atoms with E-state index in [0.717, 1.165) is 34.1 Å². The third-order valence-corrected chi connectivity index (χ3v) is 5.94. The molecule has 3 rings (SSSR count). The first kappa shape index (κ1) is 25.3. The molecule has 0 spiro atoms. The van der Waals surface area contributed by atoms with Crippen molar-refractivity contribution in [2.24, 2.45) is 5.41 Å². The molecule has 0 aliphatic carbocycles. The lowest BCUT2D eigenvalue weighted by Gasteiger charge is -2.22. The lowest BCUT2D eigenvalue weighted by molar-refractivity contribution is -0.148. The number of nitrogens with one attached hydrogen (secondary N) is 1. The Bertz CT molecular complexity index is 1120. The fourth-order valence-electron chi connectivity index (χ4n) is 3.69. The summed E-state index contributed by atoms with van der Waals surface area (Å²) in [5, 5.41) is 5.01. The van der Waals surface area contributed by atoms with Gasteiger partial charge in [-0.1, -0.05) is 75.4 Å². The molecule has 1 amide bonds. The highest BCUT2D eigenvalue weighted by atomic mass is 16.5. The Labute approximate surface area is 202 Å². The van der Waals surface area contributed by atoms with Gasteiger partial charge < -0.3 is 14.8 Å². The van der Waals surface area contributed by atoms with Crippen LogP contribution in [0.5, 0.6) is 5.75 Å². The molecule has 0 unspecified atom stereocenters. The van der Waals surface area contributed by atoms with E-state index in [0.29, 0.717) is 13.0 Å². The van der Waals surface area contributed by atoms with Crippen LogP contribution in [0, 0.1) is 5.41 Å². The van der Waals surface area contributed by atoms with Gasteiger partial charge in [-0.25, -0.2) is 4.79 Å². The van der Waals surface area contributed by atoms with E-state index < -0.39 is 17.9 Å². The molecule has 180 valence electrons. The van der Waals surface area contributed by atoms with Crippen LogP contribution in [0.1, 0.15) is 51.2 Å². The summed E-state index contributed by atoms with van der Waals surface area (Å²) in [7, 11) is 1.64. The zero-order valence-electron chi connectivity index (χ0n) is 20.8. The zero-order valence-corrected chi connectivity index (χ0v) is 20.8. The Morgan fingerprint density at radius 2 is 1.62 bits per heavy atom. The molecular weight excluding hydrogens is 426 g/mol. The molecular formula is C29H35NO4. The van der Waals surface area contributed by atoms with Crippen LogP contribution in [-0.2, 0) is 20.7 Å². The minimum Gasteiger partial charge on any atom is -0.497 e. The first-order valence-electron chi connectivity index (χ1n) is 11.7.